The molecule has 4 nitrogen and oxygen atoms in total. The van der Waals surface area contributed by atoms with Crippen LogP contribution in [0, 0.1) is 5.92 Å². The summed E-state index contributed by atoms with van der Waals surface area (Å²) in [4.78, 5) is 15.1. The van der Waals surface area contributed by atoms with Crippen molar-refractivity contribution in [2.45, 2.75) is 19.3 Å². The van der Waals surface area contributed by atoms with Crippen LogP contribution in [0.1, 0.15) is 18.4 Å². The summed E-state index contributed by atoms with van der Waals surface area (Å²) in [5, 5.41) is 1.45. The Bertz CT molecular complexity index is 953. The maximum Gasteiger partial charge on any atom is 0.219 e. The second kappa shape index (κ2) is 7.34. The van der Waals surface area contributed by atoms with Gasteiger partial charge >= 0.3 is 0 Å². The van der Waals surface area contributed by atoms with Gasteiger partial charge in [0.2, 0.25) is 5.88 Å². The van der Waals surface area contributed by atoms with Gasteiger partial charge in [0.1, 0.15) is 17.8 Å². The molecule has 132 valence electrons. The van der Waals surface area contributed by atoms with Gasteiger partial charge in [0.25, 0.3) is 0 Å². The fraction of sp³-hybridized carbons (Fsp3) is 0.238. The van der Waals surface area contributed by atoms with Gasteiger partial charge in [0.15, 0.2) is 0 Å². The van der Waals surface area contributed by atoms with E-state index in [9.17, 15) is 4.79 Å². The number of hydrogen-bond donors (Lipinski definition) is 0. The molecule has 0 spiro atoms. The molecule has 4 rings (SSSR count). The van der Waals surface area contributed by atoms with Crippen LogP contribution in [0.2, 0.25) is 5.02 Å². The summed E-state index contributed by atoms with van der Waals surface area (Å²) < 4.78 is 11.6. The summed E-state index contributed by atoms with van der Waals surface area (Å²) >= 11 is 6.32. The predicted octanol–water partition coefficient (Wildman–Crippen LogP) is 5.21. The average molecular weight is 368 g/mol. The number of hydrogen-bond acceptors (Lipinski definition) is 4. The summed E-state index contributed by atoms with van der Waals surface area (Å²) in [5.74, 6) is 2.45. The van der Waals surface area contributed by atoms with Gasteiger partial charge in [0, 0.05) is 23.9 Å². The van der Waals surface area contributed by atoms with Crippen LogP contribution >= 0.6 is 11.6 Å². The largest absolute Gasteiger partial charge is 0.493 e. The van der Waals surface area contributed by atoms with E-state index >= 15 is 0 Å². The second-order valence-electron chi connectivity index (χ2n) is 6.50. The summed E-state index contributed by atoms with van der Waals surface area (Å²) in [6.07, 6.45) is 3.80. The van der Waals surface area contributed by atoms with Gasteiger partial charge in [-0.3, -0.25) is 0 Å². The number of nitrogens with zero attached hydrogens (tertiary/aromatic N) is 1. The molecule has 0 N–H and O–H groups in total. The zero-order valence-corrected chi connectivity index (χ0v) is 14.9. The van der Waals surface area contributed by atoms with Crippen LogP contribution in [0.25, 0.3) is 10.9 Å². The molecule has 0 radical (unpaired) electrons. The standard InChI is InChI=1S/C21H18ClNO3/c22-18-12-17(25-13-15-1-2-15)5-7-20(18)26-21-8-4-16-11-14(9-10-24)3-6-19(16)23-21/h3-8,10-12,15H,1-2,9,13H2. The van der Waals surface area contributed by atoms with E-state index in [1.54, 1.807) is 18.2 Å². The van der Waals surface area contributed by atoms with Crippen molar-refractivity contribution < 1.29 is 14.3 Å². The van der Waals surface area contributed by atoms with Gasteiger partial charge in [-0.05, 0) is 54.7 Å². The molecule has 0 aliphatic heterocycles. The van der Waals surface area contributed by atoms with E-state index in [2.05, 4.69) is 4.98 Å². The summed E-state index contributed by atoms with van der Waals surface area (Å²) in [7, 11) is 0. The van der Waals surface area contributed by atoms with Crippen LogP contribution < -0.4 is 9.47 Å². The molecular weight excluding hydrogens is 350 g/mol. The number of fused-ring (bicyclic) bond motifs is 1. The summed E-state index contributed by atoms with van der Waals surface area (Å²) in [6, 6.07) is 14.9. The molecule has 1 heterocycles. The Morgan fingerprint density at radius 2 is 2.00 bits per heavy atom. The first-order valence-electron chi connectivity index (χ1n) is 8.65. The van der Waals surface area contributed by atoms with Crippen LogP contribution in [0.5, 0.6) is 17.4 Å². The Hall–Kier alpha value is -2.59. The van der Waals surface area contributed by atoms with Crippen molar-refractivity contribution in [3.05, 3.63) is 59.1 Å². The molecule has 2 aromatic carbocycles. The number of pyridine rings is 1. The van der Waals surface area contributed by atoms with Crippen LogP contribution in [-0.2, 0) is 11.2 Å². The molecule has 26 heavy (non-hydrogen) atoms. The first-order chi connectivity index (χ1) is 12.7. The van der Waals surface area contributed by atoms with E-state index in [0.717, 1.165) is 35.1 Å². The SMILES string of the molecule is O=CCc1ccc2nc(Oc3ccc(OCC4CC4)cc3Cl)ccc2c1. The third-order valence-corrected chi connectivity index (χ3v) is 4.64. The van der Waals surface area contributed by atoms with Crippen molar-refractivity contribution in [2.75, 3.05) is 6.61 Å². The fourth-order valence-corrected chi connectivity index (χ4v) is 2.91. The molecular formula is C21H18ClNO3. The molecule has 1 aliphatic carbocycles. The number of carbonyl (C=O) groups is 1. The van der Waals surface area contributed by atoms with Gasteiger partial charge < -0.3 is 14.3 Å². The molecule has 5 heteroatoms. The number of aldehydes is 1. The number of carbonyl (C=O) groups excluding carboxylic acids is 1. The third kappa shape index (κ3) is 3.97. The van der Waals surface area contributed by atoms with Crippen LogP contribution in [0.15, 0.2) is 48.5 Å². The highest BCUT2D eigenvalue weighted by Crippen LogP contribution is 2.34. The van der Waals surface area contributed by atoms with Crippen LogP contribution in [-0.4, -0.2) is 17.9 Å². The minimum Gasteiger partial charge on any atom is -0.493 e. The van der Waals surface area contributed by atoms with Crippen molar-refractivity contribution in [2.24, 2.45) is 5.92 Å². The maximum absolute atomic E-state index is 10.6. The lowest BCUT2D eigenvalue weighted by molar-refractivity contribution is -0.107. The second-order valence-corrected chi connectivity index (χ2v) is 6.90. The van der Waals surface area contributed by atoms with Crippen LogP contribution in [0.3, 0.4) is 0 Å². The van der Waals surface area contributed by atoms with Crippen molar-refractivity contribution in [3.63, 3.8) is 0 Å². The Balaban J connectivity index is 1.50. The zero-order chi connectivity index (χ0) is 17.9. The van der Waals surface area contributed by atoms with Gasteiger partial charge in [0.05, 0.1) is 17.1 Å². The molecule has 0 saturated heterocycles. The summed E-state index contributed by atoms with van der Waals surface area (Å²) in [6.45, 7) is 0.745. The molecule has 0 amide bonds. The minimum absolute atomic E-state index is 0.402. The first-order valence-corrected chi connectivity index (χ1v) is 9.02. The normalized spacial score (nSPS) is 13.6. The Morgan fingerprint density at radius 1 is 1.12 bits per heavy atom. The van der Waals surface area contributed by atoms with Crippen LogP contribution in [0.4, 0.5) is 0 Å². The molecule has 0 unspecified atom stereocenters. The Kier molecular flexibility index (Phi) is 4.76. The number of rotatable bonds is 7. The highest BCUT2D eigenvalue weighted by Gasteiger charge is 2.22. The molecule has 0 atom stereocenters. The molecule has 1 fully saturated rings. The van der Waals surface area contributed by atoms with Crippen molar-refractivity contribution in [1.82, 2.24) is 4.98 Å². The van der Waals surface area contributed by atoms with E-state index in [4.69, 9.17) is 21.1 Å². The van der Waals surface area contributed by atoms with Gasteiger partial charge in [-0.25, -0.2) is 4.98 Å². The lowest BCUT2D eigenvalue weighted by Gasteiger charge is -2.10. The maximum atomic E-state index is 10.6. The highest BCUT2D eigenvalue weighted by atomic mass is 35.5. The lowest BCUT2D eigenvalue weighted by atomic mass is 10.1. The molecule has 1 saturated carbocycles. The van der Waals surface area contributed by atoms with Crippen molar-refractivity contribution >= 4 is 28.8 Å². The number of aromatic nitrogens is 1. The van der Waals surface area contributed by atoms with Gasteiger partial charge in [-0.2, -0.15) is 0 Å². The van der Waals surface area contributed by atoms with E-state index in [1.165, 1.54) is 12.8 Å². The predicted molar refractivity (Wildman–Crippen MR) is 101 cm³/mol. The van der Waals surface area contributed by atoms with E-state index < -0.39 is 0 Å². The first kappa shape index (κ1) is 16.9. The van der Waals surface area contributed by atoms with Crippen molar-refractivity contribution in [3.8, 4) is 17.4 Å². The van der Waals surface area contributed by atoms with E-state index in [-0.39, 0.29) is 0 Å². The molecule has 3 aromatic rings. The quantitative estimate of drug-likeness (QED) is 0.538. The van der Waals surface area contributed by atoms with Gasteiger partial charge in [-0.1, -0.05) is 17.7 Å². The van der Waals surface area contributed by atoms with Crippen molar-refractivity contribution in [1.29, 1.82) is 0 Å². The number of benzene rings is 2. The highest BCUT2D eigenvalue weighted by molar-refractivity contribution is 6.32. The Labute approximate surface area is 156 Å². The lowest BCUT2D eigenvalue weighted by Crippen LogP contribution is -1.99. The van der Waals surface area contributed by atoms with E-state index in [1.807, 2.05) is 30.3 Å². The Morgan fingerprint density at radius 3 is 2.77 bits per heavy atom. The number of ether oxygens (including phenoxy) is 2. The molecule has 1 aliphatic rings. The minimum atomic E-state index is 0.402. The summed E-state index contributed by atoms with van der Waals surface area (Å²) in [5.41, 5.74) is 1.77. The topological polar surface area (TPSA) is 48.4 Å². The monoisotopic (exact) mass is 367 g/mol. The average Bonchev–Trinajstić information content (AvgIpc) is 3.47. The van der Waals surface area contributed by atoms with Gasteiger partial charge in [-0.15, -0.1) is 0 Å². The van der Waals surface area contributed by atoms with E-state index in [0.29, 0.717) is 29.0 Å². The smallest absolute Gasteiger partial charge is 0.219 e. The molecule has 1 aromatic heterocycles. The fourth-order valence-electron chi connectivity index (χ4n) is 2.70. The number of halogens is 1. The molecule has 0 bridgehead atoms. The zero-order valence-electron chi connectivity index (χ0n) is 14.2. The third-order valence-electron chi connectivity index (χ3n) is 4.35.